The van der Waals surface area contributed by atoms with E-state index in [1.54, 1.807) is 16.2 Å². The quantitative estimate of drug-likeness (QED) is 0.641. The fourth-order valence-corrected chi connectivity index (χ4v) is 5.74. The van der Waals surface area contributed by atoms with Crippen LogP contribution in [0.1, 0.15) is 47.9 Å². The molecule has 4 rings (SSSR count). The van der Waals surface area contributed by atoms with Crippen molar-refractivity contribution in [2.45, 2.75) is 58.0 Å². The van der Waals surface area contributed by atoms with Crippen molar-refractivity contribution in [2.75, 3.05) is 13.1 Å². The van der Waals surface area contributed by atoms with Crippen molar-refractivity contribution in [1.82, 2.24) is 15.1 Å². The monoisotopic (exact) mass is 453 g/mol. The van der Waals surface area contributed by atoms with Gasteiger partial charge in [-0.15, -0.1) is 11.3 Å². The van der Waals surface area contributed by atoms with Crippen molar-refractivity contribution in [1.29, 1.82) is 0 Å². The molecular formula is C25H31N3O3S. The summed E-state index contributed by atoms with van der Waals surface area (Å²) in [7, 11) is 0. The molecule has 0 unspecified atom stereocenters. The van der Waals surface area contributed by atoms with E-state index in [-0.39, 0.29) is 24.3 Å². The van der Waals surface area contributed by atoms with E-state index in [1.807, 2.05) is 56.3 Å². The summed E-state index contributed by atoms with van der Waals surface area (Å²) in [5.74, 6) is -0.356. The molecule has 170 valence electrons. The molecule has 1 spiro atoms. The third-order valence-electron chi connectivity index (χ3n) is 6.80. The first-order valence-corrected chi connectivity index (χ1v) is 12.2. The summed E-state index contributed by atoms with van der Waals surface area (Å²) in [6, 6.07) is 13.7. The zero-order valence-electron chi connectivity index (χ0n) is 18.8. The number of benzene rings is 1. The number of carbonyl (C=O) groups excluding carboxylic acids is 3. The Hall–Kier alpha value is -2.67. The topological polar surface area (TPSA) is 69.7 Å². The molecule has 1 aromatic carbocycles. The van der Waals surface area contributed by atoms with Crippen LogP contribution in [-0.4, -0.2) is 46.3 Å². The minimum atomic E-state index is -0.838. The number of rotatable bonds is 7. The predicted octanol–water partition coefficient (Wildman–Crippen LogP) is 4.13. The Labute approximate surface area is 193 Å². The van der Waals surface area contributed by atoms with Gasteiger partial charge in [-0.1, -0.05) is 50.1 Å². The molecule has 2 aliphatic rings. The van der Waals surface area contributed by atoms with Gasteiger partial charge < -0.3 is 10.2 Å². The van der Waals surface area contributed by atoms with Gasteiger partial charge in [0.05, 0.1) is 6.54 Å². The summed E-state index contributed by atoms with van der Waals surface area (Å²) in [5, 5.41) is 2.94. The molecular weight excluding hydrogens is 422 g/mol. The van der Waals surface area contributed by atoms with E-state index in [2.05, 4.69) is 5.32 Å². The maximum Gasteiger partial charge on any atom is 0.325 e. The minimum Gasteiger partial charge on any atom is -0.336 e. The van der Waals surface area contributed by atoms with Gasteiger partial charge in [-0.3, -0.25) is 14.5 Å². The number of imide groups is 1. The lowest BCUT2D eigenvalue weighted by Gasteiger charge is -2.36. The molecule has 2 atom stereocenters. The van der Waals surface area contributed by atoms with E-state index in [9.17, 15) is 14.4 Å². The fourth-order valence-electron chi connectivity index (χ4n) is 4.83. The Bertz CT molecular complexity index is 989. The number of urea groups is 1. The van der Waals surface area contributed by atoms with Crippen LogP contribution in [0.5, 0.6) is 0 Å². The second kappa shape index (κ2) is 9.45. The predicted molar refractivity (Wildman–Crippen MR) is 125 cm³/mol. The van der Waals surface area contributed by atoms with E-state index >= 15 is 0 Å². The molecule has 1 N–H and O–H groups in total. The van der Waals surface area contributed by atoms with Crippen LogP contribution in [0.2, 0.25) is 0 Å². The van der Waals surface area contributed by atoms with Crippen LogP contribution in [0.15, 0.2) is 42.5 Å². The first-order valence-electron chi connectivity index (χ1n) is 11.4. The van der Waals surface area contributed by atoms with Gasteiger partial charge in [0.1, 0.15) is 12.1 Å². The van der Waals surface area contributed by atoms with Crippen molar-refractivity contribution in [3.63, 3.8) is 0 Å². The van der Waals surface area contributed by atoms with Crippen molar-refractivity contribution < 1.29 is 14.4 Å². The lowest BCUT2D eigenvalue weighted by molar-refractivity contribution is -0.140. The van der Waals surface area contributed by atoms with E-state index in [1.165, 1.54) is 4.88 Å². The molecule has 0 bridgehead atoms. The molecule has 1 aliphatic heterocycles. The van der Waals surface area contributed by atoms with Crippen LogP contribution in [0, 0.1) is 12.8 Å². The number of nitrogens with one attached hydrogen (secondary N) is 1. The Morgan fingerprint density at radius 3 is 2.66 bits per heavy atom. The second-order valence-electron chi connectivity index (χ2n) is 9.00. The molecule has 1 saturated heterocycles. The molecule has 2 aromatic rings. The average Bonchev–Trinajstić information content (AvgIpc) is 3.30. The highest BCUT2D eigenvalue weighted by atomic mass is 32.1. The van der Waals surface area contributed by atoms with E-state index in [0.29, 0.717) is 19.5 Å². The number of carbonyl (C=O) groups is 3. The van der Waals surface area contributed by atoms with Gasteiger partial charge >= 0.3 is 6.03 Å². The van der Waals surface area contributed by atoms with Gasteiger partial charge in [0.25, 0.3) is 5.91 Å². The first kappa shape index (κ1) is 22.5. The number of amides is 4. The summed E-state index contributed by atoms with van der Waals surface area (Å²) >= 11 is 1.66. The zero-order valence-corrected chi connectivity index (χ0v) is 19.6. The Kier molecular flexibility index (Phi) is 6.65. The molecule has 7 heteroatoms. The number of hydrogen-bond acceptors (Lipinski definition) is 4. The fraction of sp³-hybridized carbons (Fsp3) is 0.480. The standard InChI is InChI=1S/C25H31N3O3S/c1-18-8-6-7-14-25(18)23(30)28(24(31)26-25)17-22(29)27(16-21-12-11-19(2)32-21)15-13-20-9-4-3-5-10-20/h3-5,9-12,18H,6-8,13-17H2,1-2H3,(H,26,31)/t18-,25-/m1/s1. The van der Waals surface area contributed by atoms with Gasteiger partial charge in [-0.25, -0.2) is 4.79 Å². The Balaban J connectivity index is 1.48. The second-order valence-corrected chi connectivity index (χ2v) is 10.4. The molecule has 1 aliphatic carbocycles. The smallest absolute Gasteiger partial charge is 0.325 e. The normalized spacial score (nSPS) is 22.9. The van der Waals surface area contributed by atoms with Crippen molar-refractivity contribution in [2.24, 2.45) is 5.92 Å². The third kappa shape index (κ3) is 4.58. The molecule has 2 heterocycles. The summed E-state index contributed by atoms with van der Waals surface area (Å²) in [6.45, 7) is 4.87. The maximum absolute atomic E-state index is 13.3. The van der Waals surface area contributed by atoms with Crippen LogP contribution in [-0.2, 0) is 22.6 Å². The van der Waals surface area contributed by atoms with Crippen LogP contribution >= 0.6 is 11.3 Å². The SMILES string of the molecule is Cc1ccc(CN(CCc2ccccc2)C(=O)CN2C(=O)N[C@@]3(CCCC[C@H]3C)C2=O)s1. The Morgan fingerprint density at radius 1 is 1.19 bits per heavy atom. The van der Waals surface area contributed by atoms with Gasteiger partial charge in [-0.2, -0.15) is 0 Å². The van der Waals surface area contributed by atoms with Crippen LogP contribution < -0.4 is 5.32 Å². The molecule has 32 heavy (non-hydrogen) atoms. The van der Waals surface area contributed by atoms with Gasteiger partial charge in [0.2, 0.25) is 5.91 Å². The number of nitrogens with zero attached hydrogens (tertiary/aromatic N) is 2. The molecule has 1 saturated carbocycles. The van der Waals surface area contributed by atoms with E-state index in [0.717, 1.165) is 41.0 Å². The average molecular weight is 454 g/mol. The van der Waals surface area contributed by atoms with E-state index in [4.69, 9.17) is 0 Å². The van der Waals surface area contributed by atoms with Crippen LogP contribution in [0.3, 0.4) is 0 Å². The van der Waals surface area contributed by atoms with Gasteiger partial charge in [0.15, 0.2) is 0 Å². The molecule has 2 fully saturated rings. The van der Waals surface area contributed by atoms with Gasteiger partial charge in [0, 0.05) is 16.3 Å². The lowest BCUT2D eigenvalue weighted by atomic mass is 9.73. The summed E-state index contributed by atoms with van der Waals surface area (Å²) in [6.07, 6.45) is 4.26. The largest absolute Gasteiger partial charge is 0.336 e. The van der Waals surface area contributed by atoms with Crippen LogP contribution in [0.25, 0.3) is 0 Å². The maximum atomic E-state index is 13.3. The van der Waals surface area contributed by atoms with Crippen molar-refractivity contribution >= 4 is 29.2 Å². The zero-order chi connectivity index (χ0) is 22.7. The number of hydrogen-bond donors (Lipinski definition) is 1. The third-order valence-corrected chi connectivity index (χ3v) is 7.79. The van der Waals surface area contributed by atoms with Gasteiger partial charge in [-0.05, 0) is 49.8 Å². The number of thiophene rings is 1. The first-order chi connectivity index (χ1) is 15.4. The summed E-state index contributed by atoms with van der Waals surface area (Å²) in [5.41, 5.74) is 0.313. The molecule has 1 aromatic heterocycles. The summed E-state index contributed by atoms with van der Waals surface area (Å²) in [4.78, 5) is 44.5. The highest BCUT2D eigenvalue weighted by Gasteiger charge is 2.55. The molecule has 0 radical (unpaired) electrons. The van der Waals surface area contributed by atoms with Crippen molar-refractivity contribution in [3.8, 4) is 0 Å². The summed E-state index contributed by atoms with van der Waals surface area (Å²) < 4.78 is 0. The molecule has 6 nitrogen and oxygen atoms in total. The minimum absolute atomic E-state index is 0.0797. The highest BCUT2D eigenvalue weighted by molar-refractivity contribution is 7.11. The van der Waals surface area contributed by atoms with Crippen molar-refractivity contribution in [3.05, 3.63) is 57.8 Å². The lowest BCUT2D eigenvalue weighted by Crippen LogP contribution is -2.54. The number of aryl methyl sites for hydroxylation is 1. The van der Waals surface area contributed by atoms with E-state index < -0.39 is 11.6 Å². The molecule has 4 amide bonds. The Morgan fingerprint density at radius 2 is 1.97 bits per heavy atom. The highest BCUT2D eigenvalue weighted by Crippen LogP contribution is 2.38. The van der Waals surface area contributed by atoms with Crippen LogP contribution in [0.4, 0.5) is 4.79 Å².